The van der Waals surface area contributed by atoms with Crippen LogP contribution in [0.4, 0.5) is 11.8 Å². The minimum Gasteiger partial charge on any atom is -0.324 e. The molecule has 196 valence electrons. The smallest absolute Gasteiger partial charge is 0.228 e. The number of hydrogen-bond donors (Lipinski definition) is 1. The van der Waals surface area contributed by atoms with Crippen molar-refractivity contribution >= 4 is 11.8 Å². The van der Waals surface area contributed by atoms with Crippen molar-refractivity contribution in [3.63, 3.8) is 0 Å². The molecule has 0 spiro atoms. The molecule has 36 heavy (non-hydrogen) atoms. The summed E-state index contributed by atoms with van der Waals surface area (Å²) < 4.78 is 2.34. The Labute approximate surface area is 217 Å². The summed E-state index contributed by atoms with van der Waals surface area (Å²) >= 11 is 0. The second-order valence-electron chi connectivity index (χ2n) is 9.60. The Balaban J connectivity index is 0.00000124. The molecule has 0 saturated carbocycles. The summed E-state index contributed by atoms with van der Waals surface area (Å²) in [6.45, 7) is 19.4. The molecule has 0 amide bonds. The van der Waals surface area contributed by atoms with Gasteiger partial charge in [-0.1, -0.05) is 33.8 Å². The topological polar surface area (TPSA) is 75.0 Å². The molecule has 5 rings (SSSR count). The standard InChI is InChI=1S/C26H36N8.C2H6.H2/c1-5-23-29-21-9-8-20-16-28-26(31-24(20)25(21)34(23)18(3)4)30-22-10-7-19(15-27-22)17-33-13-11-32(6-2)12-14-33;1-2;/h7,10,15-16,18H,5-6,8-9,11-14,17H2,1-4H3,(H,27,28,30,31);1-2H3;1H. The summed E-state index contributed by atoms with van der Waals surface area (Å²) in [5, 5.41) is 3.32. The van der Waals surface area contributed by atoms with Crippen LogP contribution < -0.4 is 5.32 Å². The van der Waals surface area contributed by atoms with E-state index < -0.39 is 0 Å². The van der Waals surface area contributed by atoms with Gasteiger partial charge in [0.1, 0.15) is 11.6 Å². The second-order valence-corrected chi connectivity index (χ2v) is 9.60. The van der Waals surface area contributed by atoms with Gasteiger partial charge in [0.25, 0.3) is 0 Å². The Kier molecular flexibility index (Phi) is 8.69. The third-order valence-electron chi connectivity index (χ3n) is 6.99. The number of rotatable bonds is 7. The Morgan fingerprint density at radius 2 is 1.69 bits per heavy atom. The van der Waals surface area contributed by atoms with Crippen molar-refractivity contribution < 1.29 is 1.43 Å². The van der Waals surface area contributed by atoms with Crippen LogP contribution in [0.25, 0.3) is 11.4 Å². The summed E-state index contributed by atoms with van der Waals surface area (Å²) in [7, 11) is 0. The van der Waals surface area contributed by atoms with Gasteiger partial charge in [0.15, 0.2) is 0 Å². The fourth-order valence-corrected chi connectivity index (χ4v) is 5.10. The van der Waals surface area contributed by atoms with Gasteiger partial charge in [-0.05, 0) is 50.4 Å². The molecular formula is C28H44N8. The van der Waals surface area contributed by atoms with Crippen molar-refractivity contribution in [2.24, 2.45) is 0 Å². The lowest BCUT2D eigenvalue weighted by atomic mass is 9.97. The van der Waals surface area contributed by atoms with Crippen LogP contribution in [0.15, 0.2) is 24.5 Å². The van der Waals surface area contributed by atoms with Gasteiger partial charge < -0.3 is 14.8 Å². The molecule has 2 aliphatic rings. The van der Waals surface area contributed by atoms with E-state index in [0.29, 0.717) is 12.0 Å². The minimum absolute atomic E-state index is 0. The first-order chi connectivity index (χ1) is 17.6. The maximum absolute atomic E-state index is 4.94. The lowest BCUT2D eigenvalue weighted by molar-refractivity contribution is 0.132. The minimum atomic E-state index is 0. The molecule has 3 aromatic rings. The molecule has 0 radical (unpaired) electrons. The number of aryl methyl sites for hydroxylation is 3. The number of nitrogens with zero attached hydrogens (tertiary/aromatic N) is 7. The van der Waals surface area contributed by atoms with Crippen LogP contribution in [-0.2, 0) is 25.8 Å². The maximum atomic E-state index is 4.94. The fourth-order valence-electron chi connectivity index (χ4n) is 5.10. The highest BCUT2D eigenvalue weighted by Crippen LogP contribution is 2.35. The SMILES string of the molecule is CC.CCc1nc2c(n1C(C)C)-c1nc(Nc3ccc(CN4CCN(CC)CC4)cn3)ncc1CC2.[HH]. The van der Waals surface area contributed by atoms with Crippen molar-refractivity contribution in [1.82, 2.24) is 34.3 Å². The van der Waals surface area contributed by atoms with E-state index in [9.17, 15) is 0 Å². The highest BCUT2D eigenvalue weighted by molar-refractivity contribution is 5.67. The molecule has 8 heteroatoms. The van der Waals surface area contributed by atoms with Crippen molar-refractivity contribution in [3.05, 3.63) is 47.2 Å². The number of imidazole rings is 1. The lowest BCUT2D eigenvalue weighted by Crippen LogP contribution is -2.45. The number of piperazine rings is 1. The van der Waals surface area contributed by atoms with E-state index in [2.05, 4.69) is 63.4 Å². The number of anilines is 2. The van der Waals surface area contributed by atoms with Gasteiger partial charge in [-0.15, -0.1) is 0 Å². The zero-order chi connectivity index (χ0) is 25.7. The zero-order valence-electron chi connectivity index (χ0n) is 22.9. The first kappa shape index (κ1) is 26.2. The molecule has 1 aliphatic carbocycles. The van der Waals surface area contributed by atoms with Gasteiger partial charge in [-0.3, -0.25) is 4.90 Å². The largest absolute Gasteiger partial charge is 0.324 e. The normalized spacial score (nSPS) is 15.8. The highest BCUT2D eigenvalue weighted by Gasteiger charge is 2.27. The van der Waals surface area contributed by atoms with E-state index in [0.717, 1.165) is 87.3 Å². The number of hydrogen-bond acceptors (Lipinski definition) is 7. The van der Waals surface area contributed by atoms with Crippen molar-refractivity contribution in [1.29, 1.82) is 0 Å². The first-order valence-electron chi connectivity index (χ1n) is 13.7. The number of likely N-dealkylation sites (N-methyl/N-ethyl adjacent to an activating group) is 1. The Morgan fingerprint density at radius 1 is 0.944 bits per heavy atom. The number of fused-ring (bicyclic) bond motifs is 3. The molecule has 0 aromatic carbocycles. The van der Waals surface area contributed by atoms with Gasteiger partial charge >= 0.3 is 0 Å². The van der Waals surface area contributed by atoms with Crippen LogP contribution >= 0.6 is 0 Å². The molecule has 8 nitrogen and oxygen atoms in total. The molecule has 4 heterocycles. The van der Waals surface area contributed by atoms with E-state index in [4.69, 9.17) is 9.97 Å². The van der Waals surface area contributed by atoms with Crippen molar-refractivity contribution in [3.8, 4) is 11.4 Å². The van der Waals surface area contributed by atoms with Crippen LogP contribution in [0.2, 0.25) is 0 Å². The summed E-state index contributed by atoms with van der Waals surface area (Å²) in [6, 6.07) is 4.52. The van der Waals surface area contributed by atoms with Gasteiger partial charge in [-0.2, -0.15) is 0 Å². The second kappa shape index (κ2) is 11.9. The molecule has 1 aliphatic heterocycles. The summed E-state index contributed by atoms with van der Waals surface area (Å²) in [5.41, 5.74) is 5.74. The number of pyridine rings is 1. The zero-order valence-corrected chi connectivity index (χ0v) is 22.9. The highest BCUT2D eigenvalue weighted by atomic mass is 15.3. The molecule has 3 aromatic heterocycles. The summed E-state index contributed by atoms with van der Waals surface area (Å²) in [4.78, 5) is 24.1. The first-order valence-corrected chi connectivity index (χ1v) is 13.7. The van der Waals surface area contributed by atoms with E-state index in [1.54, 1.807) is 0 Å². The Hall–Kier alpha value is -2.84. The quantitative estimate of drug-likeness (QED) is 0.490. The van der Waals surface area contributed by atoms with Crippen LogP contribution in [0.1, 0.15) is 71.7 Å². The van der Waals surface area contributed by atoms with E-state index in [1.807, 2.05) is 32.3 Å². The maximum Gasteiger partial charge on any atom is 0.228 e. The number of nitrogens with one attached hydrogen (secondary N) is 1. The van der Waals surface area contributed by atoms with Crippen LogP contribution in [0.3, 0.4) is 0 Å². The monoisotopic (exact) mass is 492 g/mol. The molecule has 0 atom stereocenters. The van der Waals surface area contributed by atoms with Gasteiger partial charge in [0.05, 0.1) is 17.1 Å². The molecular weight excluding hydrogens is 448 g/mol. The predicted molar refractivity (Wildman–Crippen MR) is 149 cm³/mol. The third kappa shape index (κ3) is 5.60. The average Bonchev–Trinajstić information content (AvgIpc) is 3.31. The van der Waals surface area contributed by atoms with E-state index >= 15 is 0 Å². The average molecular weight is 493 g/mol. The lowest BCUT2D eigenvalue weighted by Gasteiger charge is -2.33. The van der Waals surface area contributed by atoms with Crippen LogP contribution in [-0.4, -0.2) is 67.0 Å². The van der Waals surface area contributed by atoms with Crippen molar-refractivity contribution in [2.75, 3.05) is 38.0 Å². The predicted octanol–water partition coefficient (Wildman–Crippen LogP) is 5.13. The molecule has 0 unspecified atom stereocenters. The molecule has 0 bridgehead atoms. The third-order valence-corrected chi connectivity index (χ3v) is 6.99. The fraction of sp³-hybridized carbons (Fsp3) is 0.571. The molecule has 1 N–H and O–H groups in total. The Morgan fingerprint density at radius 3 is 2.33 bits per heavy atom. The molecule has 1 saturated heterocycles. The number of aromatic nitrogens is 5. The van der Waals surface area contributed by atoms with Gasteiger partial charge in [-0.25, -0.2) is 19.9 Å². The summed E-state index contributed by atoms with van der Waals surface area (Å²) in [6.07, 6.45) is 6.72. The summed E-state index contributed by atoms with van der Waals surface area (Å²) in [5.74, 6) is 2.48. The van der Waals surface area contributed by atoms with Gasteiger partial charge in [0.2, 0.25) is 5.95 Å². The van der Waals surface area contributed by atoms with E-state index in [1.165, 1.54) is 11.1 Å². The van der Waals surface area contributed by atoms with Crippen LogP contribution in [0.5, 0.6) is 0 Å². The van der Waals surface area contributed by atoms with E-state index in [-0.39, 0.29) is 1.43 Å². The van der Waals surface area contributed by atoms with Crippen LogP contribution in [0, 0.1) is 0 Å². The van der Waals surface area contributed by atoms with Gasteiger partial charge in [0, 0.05) is 59.0 Å². The molecule has 1 fully saturated rings. The van der Waals surface area contributed by atoms with Crippen molar-refractivity contribution in [2.45, 2.75) is 73.4 Å². The Bertz CT molecular complexity index is 1130.